The van der Waals surface area contributed by atoms with Gasteiger partial charge in [-0.2, -0.15) is 0 Å². The van der Waals surface area contributed by atoms with Crippen LogP contribution in [0, 0.1) is 5.92 Å². The van der Waals surface area contributed by atoms with Crippen LogP contribution in [-0.2, 0) is 9.59 Å². The maximum atomic E-state index is 11.4. The largest absolute Gasteiger partial charge is 0.481 e. The number of hydrogen-bond acceptors (Lipinski definition) is 3. The van der Waals surface area contributed by atoms with Gasteiger partial charge in [-0.15, -0.1) is 0 Å². The molecule has 1 saturated heterocycles. The van der Waals surface area contributed by atoms with E-state index >= 15 is 0 Å². The van der Waals surface area contributed by atoms with Gasteiger partial charge in [0.15, 0.2) is 0 Å². The smallest absolute Gasteiger partial charge is 0.303 e. The zero-order valence-corrected chi connectivity index (χ0v) is 9.39. The molecule has 1 heterocycles. The quantitative estimate of drug-likeness (QED) is 0.622. The van der Waals surface area contributed by atoms with Gasteiger partial charge in [-0.25, -0.2) is 0 Å². The fourth-order valence-corrected chi connectivity index (χ4v) is 1.95. The molecule has 0 aliphatic carbocycles. The minimum Gasteiger partial charge on any atom is -0.481 e. The molecule has 1 amide bonds. The molecular formula is C11H19NO4. The van der Waals surface area contributed by atoms with Crippen LogP contribution in [0.5, 0.6) is 0 Å². The second-order valence-corrected chi connectivity index (χ2v) is 4.30. The molecule has 5 nitrogen and oxygen atoms in total. The molecule has 16 heavy (non-hydrogen) atoms. The van der Waals surface area contributed by atoms with Gasteiger partial charge in [0.25, 0.3) is 0 Å². The van der Waals surface area contributed by atoms with E-state index in [9.17, 15) is 9.59 Å². The number of carbonyl (C=O) groups is 2. The maximum absolute atomic E-state index is 11.4. The van der Waals surface area contributed by atoms with Gasteiger partial charge in [-0.3, -0.25) is 9.59 Å². The average Bonchev–Trinajstić information content (AvgIpc) is 2.59. The van der Waals surface area contributed by atoms with Gasteiger partial charge in [0.2, 0.25) is 5.91 Å². The third kappa shape index (κ3) is 4.18. The van der Waals surface area contributed by atoms with E-state index in [-0.39, 0.29) is 24.9 Å². The first-order valence-electron chi connectivity index (χ1n) is 5.74. The summed E-state index contributed by atoms with van der Waals surface area (Å²) in [6.07, 6.45) is 3.00. The molecule has 92 valence electrons. The third-order valence-electron chi connectivity index (χ3n) is 2.87. The lowest BCUT2D eigenvalue weighted by atomic mass is 10.1. The van der Waals surface area contributed by atoms with Crippen LogP contribution in [-0.4, -0.2) is 46.7 Å². The standard InChI is InChI=1S/C11H19NO4/c13-8-9-6-10(14)12(7-9)5-3-1-2-4-11(15)16/h9,13H,1-8H2,(H,15,16). The van der Waals surface area contributed by atoms with Crippen molar-refractivity contribution in [2.45, 2.75) is 32.1 Å². The summed E-state index contributed by atoms with van der Waals surface area (Å²) in [6.45, 7) is 1.41. The minimum atomic E-state index is -0.766. The number of nitrogens with zero attached hydrogens (tertiary/aromatic N) is 1. The number of aliphatic carboxylic acids is 1. The number of aliphatic hydroxyl groups is 1. The number of aliphatic hydroxyl groups excluding tert-OH is 1. The van der Waals surface area contributed by atoms with Crippen LogP contribution < -0.4 is 0 Å². The van der Waals surface area contributed by atoms with Crippen molar-refractivity contribution in [2.24, 2.45) is 5.92 Å². The molecule has 1 fully saturated rings. The molecule has 0 spiro atoms. The molecule has 0 aromatic heterocycles. The van der Waals surface area contributed by atoms with Gasteiger partial charge < -0.3 is 15.1 Å². The summed E-state index contributed by atoms with van der Waals surface area (Å²) >= 11 is 0. The van der Waals surface area contributed by atoms with Gasteiger partial charge >= 0.3 is 5.97 Å². The van der Waals surface area contributed by atoms with Gasteiger partial charge in [-0.1, -0.05) is 6.42 Å². The molecule has 0 aromatic carbocycles. The Bertz CT molecular complexity index is 254. The first-order chi connectivity index (χ1) is 7.63. The summed E-state index contributed by atoms with van der Waals surface area (Å²) in [5.41, 5.74) is 0. The van der Waals surface area contributed by atoms with Gasteiger partial charge in [-0.05, 0) is 12.8 Å². The summed E-state index contributed by atoms with van der Waals surface area (Å²) in [4.78, 5) is 23.5. The molecular weight excluding hydrogens is 210 g/mol. The second kappa shape index (κ2) is 6.48. The van der Waals surface area contributed by atoms with Crippen molar-refractivity contribution in [1.82, 2.24) is 4.90 Å². The monoisotopic (exact) mass is 229 g/mol. The Morgan fingerprint density at radius 2 is 2.12 bits per heavy atom. The highest BCUT2D eigenvalue weighted by Crippen LogP contribution is 2.17. The highest BCUT2D eigenvalue weighted by atomic mass is 16.4. The van der Waals surface area contributed by atoms with E-state index in [2.05, 4.69) is 0 Å². The van der Waals surface area contributed by atoms with Crippen molar-refractivity contribution < 1.29 is 19.8 Å². The van der Waals surface area contributed by atoms with Gasteiger partial charge in [0.1, 0.15) is 0 Å². The zero-order valence-electron chi connectivity index (χ0n) is 9.39. The van der Waals surface area contributed by atoms with Crippen molar-refractivity contribution in [3.8, 4) is 0 Å². The van der Waals surface area contributed by atoms with Crippen LogP contribution in [0.1, 0.15) is 32.1 Å². The van der Waals surface area contributed by atoms with Crippen molar-refractivity contribution in [3.63, 3.8) is 0 Å². The molecule has 0 saturated carbocycles. The predicted octanol–water partition coefficient (Wildman–Crippen LogP) is 0.472. The summed E-state index contributed by atoms with van der Waals surface area (Å²) in [5, 5.41) is 17.4. The van der Waals surface area contributed by atoms with Crippen LogP contribution in [0.2, 0.25) is 0 Å². The number of likely N-dealkylation sites (tertiary alicyclic amines) is 1. The third-order valence-corrected chi connectivity index (χ3v) is 2.87. The summed E-state index contributed by atoms with van der Waals surface area (Å²) in [5.74, 6) is -0.568. The lowest BCUT2D eigenvalue weighted by Crippen LogP contribution is -2.26. The Hall–Kier alpha value is -1.10. The number of rotatable bonds is 7. The number of carboxylic acids is 1. The molecule has 0 radical (unpaired) electrons. The molecule has 1 aliphatic rings. The first kappa shape index (κ1) is 13.0. The van der Waals surface area contributed by atoms with E-state index in [1.165, 1.54) is 0 Å². The zero-order chi connectivity index (χ0) is 12.0. The van der Waals surface area contributed by atoms with E-state index in [4.69, 9.17) is 10.2 Å². The average molecular weight is 229 g/mol. The van der Waals surface area contributed by atoms with Crippen LogP contribution >= 0.6 is 0 Å². The van der Waals surface area contributed by atoms with E-state index in [1.807, 2.05) is 0 Å². The van der Waals surface area contributed by atoms with Crippen LogP contribution in [0.15, 0.2) is 0 Å². The Kier molecular flexibility index (Phi) is 5.25. The van der Waals surface area contributed by atoms with Crippen LogP contribution in [0.25, 0.3) is 0 Å². The highest BCUT2D eigenvalue weighted by Gasteiger charge is 2.28. The van der Waals surface area contributed by atoms with Crippen molar-refractivity contribution in [3.05, 3.63) is 0 Å². The Morgan fingerprint density at radius 1 is 1.38 bits per heavy atom. The predicted molar refractivity (Wildman–Crippen MR) is 57.9 cm³/mol. The minimum absolute atomic E-state index is 0.0707. The van der Waals surface area contributed by atoms with Gasteiger partial charge in [0.05, 0.1) is 0 Å². The molecule has 0 aromatic rings. The lowest BCUT2D eigenvalue weighted by Gasteiger charge is -2.15. The topological polar surface area (TPSA) is 77.8 Å². The van der Waals surface area contributed by atoms with Crippen molar-refractivity contribution in [2.75, 3.05) is 19.7 Å². The lowest BCUT2D eigenvalue weighted by molar-refractivity contribution is -0.137. The van der Waals surface area contributed by atoms with Crippen LogP contribution in [0.3, 0.4) is 0 Å². The highest BCUT2D eigenvalue weighted by molar-refractivity contribution is 5.78. The Morgan fingerprint density at radius 3 is 2.69 bits per heavy atom. The summed E-state index contributed by atoms with van der Waals surface area (Å²) in [7, 11) is 0. The maximum Gasteiger partial charge on any atom is 0.303 e. The van der Waals surface area contributed by atoms with Crippen LogP contribution in [0.4, 0.5) is 0 Å². The molecule has 1 rings (SSSR count). The van der Waals surface area contributed by atoms with E-state index in [0.717, 1.165) is 12.8 Å². The van der Waals surface area contributed by atoms with Gasteiger partial charge in [0, 0.05) is 38.5 Å². The van der Waals surface area contributed by atoms with E-state index in [1.54, 1.807) is 4.90 Å². The van der Waals surface area contributed by atoms with Crippen molar-refractivity contribution >= 4 is 11.9 Å². The number of unbranched alkanes of at least 4 members (excludes halogenated alkanes) is 2. The summed E-state index contributed by atoms with van der Waals surface area (Å²) in [6, 6.07) is 0. The fraction of sp³-hybridized carbons (Fsp3) is 0.818. The fourth-order valence-electron chi connectivity index (χ4n) is 1.95. The Labute approximate surface area is 95.1 Å². The molecule has 0 bridgehead atoms. The summed E-state index contributed by atoms with van der Waals surface area (Å²) < 4.78 is 0. The second-order valence-electron chi connectivity index (χ2n) is 4.30. The van der Waals surface area contributed by atoms with E-state index < -0.39 is 5.97 Å². The van der Waals surface area contributed by atoms with E-state index in [0.29, 0.717) is 25.9 Å². The molecule has 1 unspecified atom stereocenters. The number of carbonyl (C=O) groups excluding carboxylic acids is 1. The SMILES string of the molecule is O=C(O)CCCCCN1CC(CO)CC1=O. The first-order valence-corrected chi connectivity index (χ1v) is 5.74. The normalized spacial score (nSPS) is 20.4. The Balaban J connectivity index is 2.09. The molecule has 2 N–H and O–H groups in total. The number of amides is 1. The number of hydrogen-bond donors (Lipinski definition) is 2. The number of carboxylic acid groups (broad SMARTS) is 1. The van der Waals surface area contributed by atoms with Crippen molar-refractivity contribution in [1.29, 1.82) is 0 Å². The molecule has 1 aliphatic heterocycles. The molecule has 5 heteroatoms. The molecule has 1 atom stereocenters.